The molecule has 16 heavy (non-hydrogen) atoms. The zero-order valence-corrected chi connectivity index (χ0v) is 10.6. The van der Waals surface area contributed by atoms with Crippen molar-refractivity contribution in [2.24, 2.45) is 0 Å². The van der Waals surface area contributed by atoms with Gasteiger partial charge in [0.05, 0.1) is 18.7 Å². The molecule has 0 fully saturated rings. The van der Waals surface area contributed by atoms with Crippen molar-refractivity contribution in [3.63, 3.8) is 0 Å². The number of hydrogen-bond donors (Lipinski definition) is 1. The van der Waals surface area contributed by atoms with E-state index in [0.29, 0.717) is 19.6 Å². The summed E-state index contributed by atoms with van der Waals surface area (Å²) >= 11 is 0. The molecule has 0 radical (unpaired) electrons. The predicted octanol–water partition coefficient (Wildman–Crippen LogP) is 2.29. The van der Waals surface area contributed by atoms with Crippen LogP contribution in [0.25, 0.3) is 0 Å². The zero-order chi connectivity index (χ0) is 10.2. The summed E-state index contributed by atoms with van der Waals surface area (Å²) in [6, 6.07) is 3.74. The monoisotopic (exact) mass is 266 g/mol. The summed E-state index contributed by atoms with van der Waals surface area (Å²) < 4.78 is 4.79. The Bertz CT molecular complexity index is 283. The Balaban J connectivity index is 0. The summed E-state index contributed by atoms with van der Waals surface area (Å²) in [4.78, 5) is 14.9. The van der Waals surface area contributed by atoms with Crippen LogP contribution >= 0.6 is 24.8 Å². The summed E-state index contributed by atoms with van der Waals surface area (Å²) in [5.74, 6) is -0.177. The topological polar surface area (TPSA) is 51.2 Å². The van der Waals surface area contributed by atoms with Gasteiger partial charge in [-0.1, -0.05) is 0 Å². The molecule has 0 spiro atoms. The maximum atomic E-state index is 11.0. The predicted molar refractivity (Wildman–Crippen MR) is 68.5 cm³/mol. The number of pyridine rings is 1. The van der Waals surface area contributed by atoms with Crippen LogP contribution in [0.3, 0.4) is 0 Å². The summed E-state index contributed by atoms with van der Waals surface area (Å²) in [5, 5.41) is 3.07. The molecule has 0 amide bonds. The van der Waals surface area contributed by atoms with E-state index in [0.717, 1.165) is 5.69 Å². The van der Waals surface area contributed by atoms with E-state index in [1.165, 1.54) is 0 Å². The van der Waals surface area contributed by atoms with Crippen molar-refractivity contribution >= 4 is 36.5 Å². The zero-order valence-electron chi connectivity index (χ0n) is 9.01. The Kier molecular flexibility index (Phi) is 11.4. The summed E-state index contributed by atoms with van der Waals surface area (Å²) in [7, 11) is 0. The average Bonchev–Trinajstić information content (AvgIpc) is 2.20. The lowest BCUT2D eigenvalue weighted by molar-refractivity contribution is -0.142. The highest BCUT2D eigenvalue weighted by molar-refractivity contribution is 5.85. The Morgan fingerprint density at radius 3 is 2.81 bits per heavy atom. The maximum Gasteiger partial charge on any atom is 0.307 e. The first-order valence-electron chi connectivity index (χ1n) is 4.62. The molecule has 0 aliphatic heterocycles. The third kappa shape index (κ3) is 7.31. The standard InChI is InChI=1S/C10H14N2O2.2ClH/c1-2-14-10(13)5-7-12-9-4-3-6-11-8-9;;/h3-4,6,8,12H,2,5,7H2,1H3;2*1H. The minimum atomic E-state index is -0.177. The second-order valence-corrected chi connectivity index (χ2v) is 2.72. The number of carbonyl (C=O) groups excluding carboxylic acids is 1. The molecular formula is C10H16Cl2N2O2. The summed E-state index contributed by atoms with van der Waals surface area (Å²) in [6.45, 7) is 2.81. The van der Waals surface area contributed by atoms with Gasteiger partial charge < -0.3 is 10.1 Å². The van der Waals surface area contributed by atoms with Gasteiger partial charge in [-0.05, 0) is 19.1 Å². The number of aromatic nitrogens is 1. The fourth-order valence-electron chi connectivity index (χ4n) is 1.01. The molecule has 1 N–H and O–H groups in total. The van der Waals surface area contributed by atoms with Crippen LogP contribution in [0.1, 0.15) is 13.3 Å². The lowest BCUT2D eigenvalue weighted by Crippen LogP contribution is -2.11. The molecule has 4 nitrogen and oxygen atoms in total. The molecule has 1 aromatic rings. The summed E-state index contributed by atoms with van der Waals surface area (Å²) in [5.41, 5.74) is 0.914. The van der Waals surface area contributed by atoms with E-state index < -0.39 is 0 Å². The fourth-order valence-corrected chi connectivity index (χ4v) is 1.01. The third-order valence-electron chi connectivity index (χ3n) is 1.63. The number of nitrogens with zero attached hydrogens (tertiary/aromatic N) is 1. The van der Waals surface area contributed by atoms with Crippen LogP contribution in [-0.2, 0) is 9.53 Å². The van der Waals surface area contributed by atoms with Crippen molar-refractivity contribution < 1.29 is 9.53 Å². The SMILES string of the molecule is CCOC(=O)CCNc1cccnc1.Cl.Cl. The van der Waals surface area contributed by atoms with Gasteiger partial charge in [-0.3, -0.25) is 9.78 Å². The third-order valence-corrected chi connectivity index (χ3v) is 1.63. The van der Waals surface area contributed by atoms with Crippen LogP contribution in [-0.4, -0.2) is 24.1 Å². The molecular weight excluding hydrogens is 251 g/mol. The number of anilines is 1. The molecule has 1 heterocycles. The number of esters is 1. The van der Waals surface area contributed by atoms with Crippen molar-refractivity contribution in [2.45, 2.75) is 13.3 Å². The second kappa shape index (κ2) is 10.5. The van der Waals surface area contributed by atoms with Crippen LogP contribution in [0.2, 0.25) is 0 Å². The highest BCUT2D eigenvalue weighted by Crippen LogP contribution is 2.02. The smallest absolute Gasteiger partial charge is 0.307 e. The quantitative estimate of drug-likeness (QED) is 0.831. The molecule has 1 rings (SSSR count). The van der Waals surface area contributed by atoms with Gasteiger partial charge in [0.25, 0.3) is 0 Å². The average molecular weight is 267 g/mol. The first-order valence-corrected chi connectivity index (χ1v) is 4.62. The second-order valence-electron chi connectivity index (χ2n) is 2.72. The van der Waals surface area contributed by atoms with Gasteiger partial charge in [0.1, 0.15) is 0 Å². The van der Waals surface area contributed by atoms with Gasteiger partial charge in [-0.15, -0.1) is 24.8 Å². The lowest BCUT2D eigenvalue weighted by Gasteiger charge is -2.04. The van der Waals surface area contributed by atoms with Crippen LogP contribution in [0.5, 0.6) is 0 Å². The summed E-state index contributed by atoms with van der Waals surface area (Å²) in [6.07, 6.45) is 3.80. The van der Waals surface area contributed by atoms with Crippen LogP contribution in [0, 0.1) is 0 Å². The van der Waals surface area contributed by atoms with E-state index in [-0.39, 0.29) is 30.8 Å². The molecule has 6 heteroatoms. The number of ether oxygens (including phenoxy) is 1. The largest absolute Gasteiger partial charge is 0.466 e. The minimum Gasteiger partial charge on any atom is -0.466 e. The van der Waals surface area contributed by atoms with Crippen molar-refractivity contribution in [1.82, 2.24) is 4.98 Å². The minimum absolute atomic E-state index is 0. The van der Waals surface area contributed by atoms with E-state index in [2.05, 4.69) is 10.3 Å². The van der Waals surface area contributed by atoms with Gasteiger partial charge in [-0.25, -0.2) is 0 Å². The number of rotatable bonds is 5. The Hall–Kier alpha value is -1.00. The highest BCUT2D eigenvalue weighted by Gasteiger charge is 1.99. The fraction of sp³-hybridized carbons (Fsp3) is 0.400. The first-order chi connectivity index (χ1) is 6.83. The Morgan fingerprint density at radius 1 is 1.50 bits per heavy atom. The van der Waals surface area contributed by atoms with Gasteiger partial charge in [-0.2, -0.15) is 0 Å². The molecule has 0 saturated heterocycles. The molecule has 0 aromatic carbocycles. The van der Waals surface area contributed by atoms with Crippen LogP contribution in [0.15, 0.2) is 24.5 Å². The maximum absolute atomic E-state index is 11.0. The normalized spacial score (nSPS) is 8.31. The van der Waals surface area contributed by atoms with Crippen LogP contribution in [0.4, 0.5) is 5.69 Å². The van der Waals surface area contributed by atoms with Crippen molar-refractivity contribution in [1.29, 1.82) is 0 Å². The van der Waals surface area contributed by atoms with E-state index in [4.69, 9.17) is 4.74 Å². The van der Waals surface area contributed by atoms with Gasteiger partial charge in [0, 0.05) is 18.9 Å². The van der Waals surface area contributed by atoms with Crippen LogP contribution < -0.4 is 5.32 Å². The number of hydrogen-bond acceptors (Lipinski definition) is 4. The van der Waals surface area contributed by atoms with E-state index in [1.54, 1.807) is 19.3 Å². The molecule has 0 aliphatic carbocycles. The molecule has 92 valence electrons. The Morgan fingerprint density at radius 2 is 2.25 bits per heavy atom. The first kappa shape index (κ1) is 17.4. The molecule has 0 bridgehead atoms. The number of nitrogens with one attached hydrogen (secondary N) is 1. The van der Waals surface area contributed by atoms with Crippen molar-refractivity contribution in [3.05, 3.63) is 24.5 Å². The number of carbonyl (C=O) groups is 1. The van der Waals surface area contributed by atoms with Gasteiger partial charge in [0.15, 0.2) is 0 Å². The molecule has 1 aromatic heterocycles. The van der Waals surface area contributed by atoms with E-state index in [1.807, 2.05) is 12.1 Å². The highest BCUT2D eigenvalue weighted by atomic mass is 35.5. The van der Waals surface area contributed by atoms with Crippen molar-refractivity contribution in [2.75, 3.05) is 18.5 Å². The van der Waals surface area contributed by atoms with Crippen molar-refractivity contribution in [3.8, 4) is 0 Å². The Labute approximate surface area is 108 Å². The molecule has 0 aliphatic rings. The molecule has 0 saturated carbocycles. The molecule has 0 unspecified atom stereocenters. The van der Waals surface area contributed by atoms with E-state index in [9.17, 15) is 4.79 Å². The van der Waals surface area contributed by atoms with E-state index >= 15 is 0 Å². The lowest BCUT2D eigenvalue weighted by atomic mass is 10.4. The molecule has 0 atom stereocenters. The van der Waals surface area contributed by atoms with Gasteiger partial charge >= 0.3 is 5.97 Å². The number of halogens is 2. The van der Waals surface area contributed by atoms with Gasteiger partial charge in [0.2, 0.25) is 0 Å².